The van der Waals surface area contributed by atoms with Crippen LogP contribution in [0.5, 0.6) is 0 Å². The van der Waals surface area contributed by atoms with Crippen molar-refractivity contribution >= 4 is 6.09 Å². The van der Waals surface area contributed by atoms with Crippen LogP contribution in [0.1, 0.15) is 46.5 Å². The molecule has 0 bridgehead atoms. The van der Waals surface area contributed by atoms with Crippen LogP contribution in [-0.4, -0.2) is 28.7 Å². The van der Waals surface area contributed by atoms with Gasteiger partial charge in [-0.1, -0.05) is 0 Å². The van der Waals surface area contributed by atoms with E-state index < -0.39 is 17.2 Å². The molecule has 0 aliphatic heterocycles. The summed E-state index contributed by atoms with van der Waals surface area (Å²) in [6.07, 6.45) is 2.47. The van der Waals surface area contributed by atoms with Gasteiger partial charge in [-0.2, -0.15) is 0 Å². The normalized spacial score (nSPS) is 18.1. The summed E-state index contributed by atoms with van der Waals surface area (Å²) in [5, 5.41) is 13.1. The molecule has 1 fully saturated rings. The molecule has 1 rings (SSSR count). The zero-order valence-electron chi connectivity index (χ0n) is 10.6. The molecular weight excluding hydrogens is 224 g/mol. The van der Waals surface area contributed by atoms with Crippen LogP contribution in [0, 0.1) is 10.1 Å². The standard InChI is InChI=1S/C11H20N2O4/c1-10(2,3)17-9(14)12-11(5-4-6-11)7-8-13(15)16/h4-8H2,1-3H3,(H,12,14). The Balaban J connectivity index is 2.46. The minimum absolute atomic E-state index is 0.115. The SMILES string of the molecule is CC(C)(C)OC(=O)NC1(CC[N+](=O)[O-])CCC1. The average molecular weight is 244 g/mol. The molecule has 6 heteroatoms. The number of carbonyl (C=O) groups excluding carboxylic acids is 1. The predicted molar refractivity (Wildman–Crippen MR) is 62.4 cm³/mol. The number of carbonyl (C=O) groups is 1. The summed E-state index contributed by atoms with van der Waals surface area (Å²) in [5.74, 6) is 0. The molecular formula is C11H20N2O4. The summed E-state index contributed by atoms with van der Waals surface area (Å²) >= 11 is 0. The van der Waals surface area contributed by atoms with E-state index in [1.807, 2.05) is 0 Å². The number of hydrogen-bond donors (Lipinski definition) is 1. The molecule has 6 nitrogen and oxygen atoms in total. The summed E-state index contributed by atoms with van der Waals surface area (Å²) in [4.78, 5) is 21.6. The number of nitrogens with zero attached hydrogens (tertiary/aromatic N) is 1. The topological polar surface area (TPSA) is 81.5 Å². The number of alkyl carbamates (subject to hydrolysis) is 1. The van der Waals surface area contributed by atoms with E-state index in [2.05, 4.69) is 5.32 Å². The molecule has 0 aromatic heterocycles. The van der Waals surface area contributed by atoms with Gasteiger partial charge in [0.1, 0.15) is 5.60 Å². The second kappa shape index (κ2) is 4.89. The van der Waals surface area contributed by atoms with Gasteiger partial charge in [0, 0.05) is 16.9 Å². The predicted octanol–water partition coefficient (Wildman–Crippen LogP) is 2.10. The number of ether oxygens (including phenoxy) is 1. The van der Waals surface area contributed by atoms with E-state index in [1.54, 1.807) is 20.8 Å². The Kier molecular flexibility index (Phi) is 3.95. The van der Waals surface area contributed by atoms with E-state index in [0.29, 0.717) is 6.42 Å². The fourth-order valence-electron chi connectivity index (χ4n) is 1.87. The number of rotatable bonds is 4. The van der Waals surface area contributed by atoms with Crippen LogP contribution in [0.4, 0.5) is 4.79 Å². The van der Waals surface area contributed by atoms with Gasteiger partial charge in [-0.05, 0) is 40.0 Å². The third kappa shape index (κ3) is 4.58. The van der Waals surface area contributed by atoms with E-state index in [4.69, 9.17) is 4.74 Å². The Labute approximate surface area is 101 Å². The van der Waals surface area contributed by atoms with E-state index in [1.165, 1.54) is 0 Å². The molecule has 1 amide bonds. The first kappa shape index (κ1) is 13.7. The Hall–Kier alpha value is -1.33. The number of hydrogen-bond acceptors (Lipinski definition) is 4. The second-order valence-electron chi connectivity index (χ2n) is 5.57. The van der Waals surface area contributed by atoms with Crippen LogP contribution in [0.2, 0.25) is 0 Å². The summed E-state index contributed by atoms with van der Waals surface area (Å²) in [5.41, 5.74) is -0.965. The molecule has 0 heterocycles. The molecule has 0 radical (unpaired) electrons. The quantitative estimate of drug-likeness (QED) is 0.606. The molecule has 1 saturated carbocycles. The Morgan fingerprint density at radius 2 is 2.06 bits per heavy atom. The van der Waals surface area contributed by atoms with Gasteiger partial charge in [-0.25, -0.2) is 4.79 Å². The van der Waals surface area contributed by atoms with Gasteiger partial charge >= 0.3 is 6.09 Å². The summed E-state index contributed by atoms with van der Waals surface area (Å²) in [6.45, 7) is 5.25. The smallest absolute Gasteiger partial charge is 0.408 e. The lowest BCUT2D eigenvalue weighted by Crippen LogP contribution is -2.55. The van der Waals surface area contributed by atoms with Crippen LogP contribution in [0.15, 0.2) is 0 Å². The van der Waals surface area contributed by atoms with Gasteiger partial charge in [0.15, 0.2) is 0 Å². The Morgan fingerprint density at radius 3 is 2.41 bits per heavy atom. The van der Waals surface area contributed by atoms with Gasteiger partial charge in [0.05, 0.1) is 0 Å². The lowest BCUT2D eigenvalue weighted by Gasteiger charge is -2.41. The third-order valence-corrected chi connectivity index (χ3v) is 2.85. The molecule has 1 aliphatic rings. The van der Waals surface area contributed by atoms with E-state index in [9.17, 15) is 14.9 Å². The Bertz CT molecular complexity index is 305. The highest BCUT2D eigenvalue weighted by atomic mass is 16.6. The average Bonchev–Trinajstić information content (AvgIpc) is 2.05. The molecule has 0 spiro atoms. The minimum atomic E-state index is -0.544. The van der Waals surface area contributed by atoms with Crippen LogP contribution in [-0.2, 0) is 4.74 Å². The second-order valence-corrected chi connectivity index (χ2v) is 5.57. The van der Waals surface area contributed by atoms with Crippen molar-refractivity contribution < 1.29 is 14.5 Å². The van der Waals surface area contributed by atoms with Gasteiger partial charge in [-0.15, -0.1) is 0 Å². The maximum atomic E-state index is 11.6. The molecule has 0 unspecified atom stereocenters. The van der Waals surface area contributed by atoms with Crippen molar-refractivity contribution in [3.63, 3.8) is 0 Å². The summed E-state index contributed by atoms with van der Waals surface area (Å²) < 4.78 is 5.16. The third-order valence-electron chi connectivity index (χ3n) is 2.85. The first-order valence-corrected chi connectivity index (χ1v) is 5.85. The van der Waals surface area contributed by atoms with Crippen LogP contribution in [0.25, 0.3) is 0 Å². The summed E-state index contributed by atoms with van der Waals surface area (Å²) in [7, 11) is 0. The maximum Gasteiger partial charge on any atom is 0.408 e. The zero-order chi connectivity index (χ0) is 13.1. The van der Waals surface area contributed by atoms with Crippen LogP contribution >= 0.6 is 0 Å². The molecule has 1 aliphatic carbocycles. The highest BCUT2D eigenvalue weighted by molar-refractivity contribution is 5.69. The fourth-order valence-corrected chi connectivity index (χ4v) is 1.87. The molecule has 0 saturated heterocycles. The van der Waals surface area contributed by atoms with Crippen molar-refractivity contribution in [1.29, 1.82) is 0 Å². The fraction of sp³-hybridized carbons (Fsp3) is 0.909. The molecule has 0 aromatic carbocycles. The lowest BCUT2D eigenvalue weighted by molar-refractivity contribution is -0.482. The highest BCUT2D eigenvalue weighted by Gasteiger charge is 2.40. The molecule has 17 heavy (non-hydrogen) atoms. The van der Waals surface area contributed by atoms with Crippen LogP contribution < -0.4 is 5.32 Å². The molecule has 98 valence electrons. The van der Waals surface area contributed by atoms with Gasteiger partial charge in [-0.3, -0.25) is 10.1 Å². The van der Waals surface area contributed by atoms with Crippen molar-refractivity contribution in [3.8, 4) is 0 Å². The largest absolute Gasteiger partial charge is 0.444 e. The zero-order valence-corrected chi connectivity index (χ0v) is 10.6. The lowest BCUT2D eigenvalue weighted by atomic mass is 9.74. The van der Waals surface area contributed by atoms with Crippen molar-refractivity contribution in [3.05, 3.63) is 10.1 Å². The summed E-state index contributed by atoms with van der Waals surface area (Å²) in [6, 6.07) is 0. The van der Waals surface area contributed by atoms with Crippen molar-refractivity contribution in [2.24, 2.45) is 0 Å². The van der Waals surface area contributed by atoms with Gasteiger partial charge in [0.25, 0.3) is 0 Å². The van der Waals surface area contributed by atoms with Gasteiger partial charge in [0.2, 0.25) is 6.54 Å². The molecule has 0 atom stereocenters. The van der Waals surface area contributed by atoms with Crippen molar-refractivity contribution in [2.75, 3.05) is 6.54 Å². The molecule has 1 N–H and O–H groups in total. The Morgan fingerprint density at radius 1 is 1.47 bits per heavy atom. The monoisotopic (exact) mass is 244 g/mol. The highest BCUT2D eigenvalue weighted by Crippen LogP contribution is 2.35. The number of nitro groups is 1. The minimum Gasteiger partial charge on any atom is -0.444 e. The van der Waals surface area contributed by atoms with E-state index >= 15 is 0 Å². The van der Waals surface area contributed by atoms with E-state index in [0.717, 1.165) is 19.3 Å². The van der Waals surface area contributed by atoms with Crippen molar-refractivity contribution in [2.45, 2.75) is 57.6 Å². The first-order valence-electron chi connectivity index (χ1n) is 5.85. The van der Waals surface area contributed by atoms with E-state index in [-0.39, 0.29) is 11.5 Å². The van der Waals surface area contributed by atoms with Crippen LogP contribution in [0.3, 0.4) is 0 Å². The molecule has 0 aromatic rings. The first-order chi connectivity index (χ1) is 7.72. The number of nitrogens with one attached hydrogen (secondary N) is 1. The maximum absolute atomic E-state index is 11.6. The van der Waals surface area contributed by atoms with Gasteiger partial charge < -0.3 is 10.1 Å². The number of amides is 1. The van der Waals surface area contributed by atoms with Crippen molar-refractivity contribution in [1.82, 2.24) is 5.32 Å².